The minimum atomic E-state index is -1.30. The van der Waals surface area contributed by atoms with Crippen molar-refractivity contribution in [2.24, 2.45) is 0 Å². The van der Waals surface area contributed by atoms with Crippen molar-refractivity contribution < 1.29 is 18.5 Å². The van der Waals surface area contributed by atoms with Crippen LogP contribution in [0.4, 0.5) is 20.4 Å². The van der Waals surface area contributed by atoms with Gasteiger partial charge in [-0.05, 0) is 6.07 Å². The number of hydrogen-bond acceptors (Lipinski definition) is 4. The van der Waals surface area contributed by atoms with Crippen LogP contribution in [-0.2, 0) is 0 Å². The summed E-state index contributed by atoms with van der Waals surface area (Å²) in [5, 5.41) is 12.6. The van der Waals surface area contributed by atoms with Gasteiger partial charge in [0.25, 0.3) is 5.91 Å². The van der Waals surface area contributed by atoms with Gasteiger partial charge in [-0.25, -0.2) is 9.37 Å². The number of nitrogens with one attached hydrogen (secondary N) is 2. The van der Waals surface area contributed by atoms with Gasteiger partial charge in [0.15, 0.2) is 0 Å². The Kier molecular flexibility index (Phi) is 3.19. The second-order valence-electron chi connectivity index (χ2n) is 3.43. The summed E-state index contributed by atoms with van der Waals surface area (Å²) in [7, 11) is 0. The maximum Gasteiger partial charge on any atom is 0.307 e. The highest BCUT2D eigenvalue weighted by Gasteiger charge is 2.22. The number of imidazole rings is 1. The topological polar surface area (TPSA) is 101 Å². The van der Waals surface area contributed by atoms with Crippen molar-refractivity contribution in [3.8, 4) is 0 Å². The van der Waals surface area contributed by atoms with Gasteiger partial charge in [0.2, 0.25) is 11.8 Å². The quantitative estimate of drug-likeness (QED) is 0.655. The minimum absolute atomic E-state index is 0.0446. The van der Waals surface area contributed by atoms with Crippen LogP contribution in [0.2, 0.25) is 0 Å². The molecule has 7 nitrogen and oxygen atoms in total. The number of carbonyl (C=O) groups excluding carboxylic acids is 1. The zero-order valence-electron chi connectivity index (χ0n) is 9.18. The van der Waals surface area contributed by atoms with E-state index in [4.69, 9.17) is 0 Å². The second kappa shape index (κ2) is 4.80. The van der Waals surface area contributed by atoms with Gasteiger partial charge in [-0.2, -0.15) is 4.39 Å². The van der Waals surface area contributed by atoms with Gasteiger partial charge < -0.3 is 4.98 Å². The Hall–Kier alpha value is -2.84. The van der Waals surface area contributed by atoms with Crippen LogP contribution in [-0.4, -0.2) is 20.8 Å². The molecule has 0 unspecified atom stereocenters. The molecular formula is C10H6F2N4O3. The van der Waals surface area contributed by atoms with Crippen LogP contribution in [0.5, 0.6) is 0 Å². The van der Waals surface area contributed by atoms with E-state index < -0.39 is 33.7 Å². The van der Waals surface area contributed by atoms with Crippen LogP contribution < -0.4 is 5.32 Å². The molecule has 0 aliphatic carbocycles. The molecule has 1 amide bonds. The number of nitrogens with zero attached hydrogens (tertiary/aromatic N) is 2. The molecule has 98 valence electrons. The molecule has 0 radical (unpaired) electrons. The van der Waals surface area contributed by atoms with Gasteiger partial charge >= 0.3 is 5.69 Å². The first kappa shape index (κ1) is 12.6. The molecule has 0 saturated carbocycles. The summed E-state index contributed by atoms with van der Waals surface area (Å²) in [6.45, 7) is 0. The predicted octanol–water partition coefficient (Wildman–Crippen LogP) is 1.85. The van der Waals surface area contributed by atoms with Gasteiger partial charge in [0.05, 0.1) is 16.6 Å². The highest BCUT2D eigenvalue weighted by atomic mass is 19.1. The second-order valence-corrected chi connectivity index (χ2v) is 3.43. The van der Waals surface area contributed by atoms with Gasteiger partial charge in [0, 0.05) is 12.4 Å². The summed E-state index contributed by atoms with van der Waals surface area (Å²) in [6.07, 6.45) is 2.77. The third-order valence-electron chi connectivity index (χ3n) is 2.21. The summed E-state index contributed by atoms with van der Waals surface area (Å²) >= 11 is 0. The van der Waals surface area contributed by atoms with Gasteiger partial charge in [-0.3, -0.25) is 20.2 Å². The highest BCUT2D eigenvalue weighted by Crippen LogP contribution is 2.21. The number of nitro groups is 1. The number of anilines is 1. The van der Waals surface area contributed by atoms with Crippen molar-refractivity contribution in [1.29, 1.82) is 0 Å². The van der Waals surface area contributed by atoms with Crippen molar-refractivity contribution in [2.75, 3.05) is 5.32 Å². The lowest BCUT2D eigenvalue weighted by Crippen LogP contribution is -2.15. The summed E-state index contributed by atoms with van der Waals surface area (Å²) in [5.74, 6) is -3.42. The fraction of sp³-hybridized carbons (Fsp3) is 0. The van der Waals surface area contributed by atoms with Crippen molar-refractivity contribution >= 4 is 17.5 Å². The molecule has 0 aliphatic heterocycles. The number of aromatic nitrogens is 2. The molecule has 0 fully saturated rings. The average Bonchev–Trinajstić information content (AvgIpc) is 2.83. The van der Waals surface area contributed by atoms with Gasteiger partial charge in [-0.1, -0.05) is 0 Å². The van der Waals surface area contributed by atoms with E-state index in [1.807, 2.05) is 0 Å². The summed E-state index contributed by atoms with van der Waals surface area (Å²) in [6, 6.07) is 0.818. The van der Waals surface area contributed by atoms with E-state index in [-0.39, 0.29) is 5.95 Å². The molecule has 0 bridgehead atoms. The zero-order chi connectivity index (χ0) is 14.0. The van der Waals surface area contributed by atoms with E-state index >= 15 is 0 Å². The number of halogens is 2. The van der Waals surface area contributed by atoms with E-state index in [0.29, 0.717) is 12.1 Å². The molecule has 0 atom stereocenters. The van der Waals surface area contributed by atoms with E-state index in [9.17, 15) is 23.7 Å². The Morgan fingerprint density at radius 3 is 2.68 bits per heavy atom. The number of benzene rings is 1. The molecule has 1 heterocycles. The minimum Gasteiger partial charge on any atom is -0.331 e. The number of aromatic amines is 1. The van der Waals surface area contributed by atoms with Crippen molar-refractivity contribution in [2.45, 2.75) is 0 Å². The smallest absolute Gasteiger partial charge is 0.307 e. The highest BCUT2D eigenvalue weighted by molar-refractivity contribution is 6.03. The fourth-order valence-corrected chi connectivity index (χ4v) is 1.36. The van der Waals surface area contributed by atoms with E-state index in [0.717, 1.165) is 0 Å². The van der Waals surface area contributed by atoms with Crippen LogP contribution in [0.25, 0.3) is 0 Å². The molecular weight excluding hydrogens is 262 g/mol. The summed E-state index contributed by atoms with van der Waals surface area (Å²) in [5.41, 5.74) is -1.69. The summed E-state index contributed by atoms with van der Waals surface area (Å²) < 4.78 is 26.8. The lowest BCUT2D eigenvalue weighted by molar-refractivity contribution is -0.387. The molecule has 1 aromatic heterocycles. The third-order valence-corrected chi connectivity index (χ3v) is 2.21. The van der Waals surface area contributed by atoms with Crippen LogP contribution >= 0.6 is 0 Å². The predicted molar refractivity (Wildman–Crippen MR) is 59.6 cm³/mol. The molecule has 1 aromatic carbocycles. The standard InChI is InChI=1S/C10H6F2N4O3/c11-6-4-8(16(18)19)7(12)3-5(6)9(17)15-10-13-1-2-14-10/h1-4H,(H2,13,14,15,17). The maximum atomic E-state index is 13.5. The van der Waals surface area contributed by atoms with E-state index in [2.05, 4.69) is 15.3 Å². The molecule has 9 heteroatoms. The fourth-order valence-electron chi connectivity index (χ4n) is 1.36. The van der Waals surface area contributed by atoms with Crippen molar-refractivity contribution in [3.63, 3.8) is 0 Å². The Morgan fingerprint density at radius 1 is 1.37 bits per heavy atom. The Balaban J connectivity index is 2.32. The Labute approximate surface area is 104 Å². The monoisotopic (exact) mass is 268 g/mol. The Bertz CT molecular complexity index is 642. The largest absolute Gasteiger partial charge is 0.331 e. The summed E-state index contributed by atoms with van der Waals surface area (Å²) in [4.78, 5) is 27.1. The first-order valence-corrected chi connectivity index (χ1v) is 4.93. The van der Waals surface area contributed by atoms with Crippen LogP contribution in [0, 0.1) is 21.7 Å². The number of hydrogen-bond donors (Lipinski definition) is 2. The van der Waals surface area contributed by atoms with Crippen LogP contribution in [0.1, 0.15) is 10.4 Å². The molecule has 19 heavy (non-hydrogen) atoms. The molecule has 2 aromatic rings. The first-order valence-electron chi connectivity index (χ1n) is 4.93. The lowest BCUT2D eigenvalue weighted by Gasteiger charge is -2.04. The first-order chi connectivity index (χ1) is 8.99. The lowest BCUT2D eigenvalue weighted by atomic mass is 10.1. The number of amides is 1. The Morgan fingerprint density at radius 2 is 2.11 bits per heavy atom. The van der Waals surface area contributed by atoms with Gasteiger partial charge in [-0.15, -0.1) is 0 Å². The van der Waals surface area contributed by atoms with Gasteiger partial charge in [0.1, 0.15) is 5.82 Å². The number of rotatable bonds is 3. The molecule has 2 N–H and O–H groups in total. The van der Waals surface area contributed by atoms with E-state index in [1.165, 1.54) is 12.4 Å². The SMILES string of the molecule is O=C(Nc1ncc[nH]1)c1cc(F)c([N+](=O)[O-])cc1F. The normalized spacial score (nSPS) is 10.2. The molecule has 0 saturated heterocycles. The molecule has 0 aliphatic rings. The molecule has 0 spiro atoms. The maximum absolute atomic E-state index is 13.5. The average molecular weight is 268 g/mol. The van der Waals surface area contributed by atoms with E-state index in [1.54, 1.807) is 0 Å². The van der Waals surface area contributed by atoms with Crippen LogP contribution in [0.15, 0.2) is 24.5 Å². The number of nitro benzene ring substituents is 1. The third kappa shape index (κ3) is 2.54. The number of H-pyrrole nitrogens is 1. The van der Waals surface area contributed by atoms with Crippen LogP contribution in [0.3, 0.4) is 0 Å². The van der Waals surface area contributed by atoms with Crippen molar-refractivity contribution in [3.05, 3.63) is 51.8 Å². The molecule has 2 rings (SSSR count). The number of carbonyl (C=O) groups is 1. The van der Waals surface area contributed by atoms with Crippen molar-refractivity contribution in [1.82, 2.24) is 9.97 Å². The zero-order valence-corrected chi connectivity index (χ0v) is 9.18.